The molecule has 1 unspecified atom stereocenters. The molecular weight excluding hydrogens is 306 g/mol. The zero-order chi connectivity index (χ0) is 17.5. The highest BCUT2D eigenvalue weighted by atomic mass is 16.3. The van der Waals surface area contributed by atoms with Gasteiger partial charge >= 0.3 is 0 Å². The summed E-state index contributed by atoms with van der Waals surface area (Å²) in [4.78, 5) is 24.6. The van der Waals surface area contributed by atoms with Crippen LogP contribution in [0.25, 0.3) is 11.0 Å². The van der Waals surface area contributed by atoms with Gasteiger partial charge in [-0.15, -0.1) is 0 Å². The Balaban J connectivity index is 1.83. The molecule has 0 spiro atoms. The van der Waals surface area contributed by atoms with Gasteiger partial charge in [0.1, 0.15) is 11.3 Å². The van der Waals surface area contributed by atoms with E-state index in [1.165, 1.54) is 0 Å². The second kappa shape index (κ2) is 8.49. The van der Waals surface area contributed by atoms with Crippen LogP contribution in [0.5, 0.6) is 0 Å². The molecule has 2 aromatic rings. The number of fused-ring (bicyclic) bond motifs is 1. The van der Waals surface area contributed by atoms with Gasteiger partial charge in [0, 0.05) is 11.9 Å². The number of rotatable bonds is 8. The third-order valence-electron chi connectivity index (χ3n) is 3.75. The Bertz CT molecular complexity index is 663. The van der Waals surface area contributed by atoms with E-state index in [1.54, 1.807) is 0 Å². The van der Waals surface area contributed by atoms with E-state index >= 15 is 0 Å². The summed E-state index contributed by atoms with van der Waals surface area (Å²) in [5.41, 5.74) is 0.809. The van der Waals surface area contributed by atoms with Crippen molar-refractivity contribution in [2.45, 2.75) is 26.3 Å². The maximum Gasteiger partial charge on any atom is 0.275 e. The molecule has 3 N–H and O–H groups in total. The van der Waals surface area contributed by atoms with Crippen LogP contribution in [0.2, 0.25) is 0 Å². The van der Waals surface area contributed by atoms with Gasteiger partial charge in [0.25, 0.3) is 11.8 Å². The van der Waals surface area contributed by atoms with Gasteiger partial charge < -0.3 is 20.0 Å². The molecule has 0 aliphatic heterocycles. The lowest BCUT2D eigenvalue weighted by atomic mass is 10.2. The maximum absolute atomic E-state index is 12.1. The minimum absolute atomic E-state index is 0.0347. The van der Waals surface area contributed by atoms with Gasteiger partial charge in [0.15, 0.2) is 13.1 Å². The van der Waals surface area contributed by atoms with Gasteiger partial charge in [-0.05, 0) is 25.5 Å². The summed E-state index contributed by atoms with van der Waals surface area (Å²) in [5.74, 6) is 0.583. The number of nitrogens with one attached hydrogen (secondary N) is 3. The number of benzene rings is 1. The molecule has 0 fully saturated rings. The monoisotopic (exact) mass is 332 g/mol. The van der Waals surface area contributed by atoms with Gasteiger partial charge in [0.2, 0.25) is 0 Å². The number of furan rings is 1. The zero-order valence-corrected chi connectivity index (χ0v) is 14.5. The first-order chi connectivity index (χ1) is 11.5. The smallest absolute Gasteiger partial charge is 0.275 e. The third kappa shape index (κ3) is 5.09. The molecule has 2 atom stereocenters. The van der Waals surface area contributed by atoms with Crippen LogP contribution in [0.1, 0.15) is 32.1 Å². The minimum Gasteiger partial charge on any atom is -0.459 e. The largest absolute Gasteiger partial charge is 0.459 e. The van der Waals surface area contributed by atoms with Gasteiger partial charge in [-0.2, -0.15) is 0 Å². The lowest BCUT2D eigenvalue weighted by molar-refractivity contribution is -0.862. The Hall–Kier alpha value is -2.34. The van der Waals surface area contributed by atoms with E-state index in [2.05, 4.69) is 10.6 Å². The number of hydrogen-bond donors (Lipinski definition) is 3. The van der Waals surface area contributed by atoms with Gasteiger partial charge in [-0.3, -0.25) is 9.59 Å². The Morgan fingerprint density at radius 1 is 1.21 bits per heavy atom. The van der Waals surface area contributed by atoms with Crippen molar-refractivity contribution in [1.82, 2.24) is 10.6 Å². The molecule has 6 heteroatoms. The molecule has 0 saturated carbocycles. The van der Waals surface area contributed by atoms with Gasteiger partial charge in [0.05, 0.1) is 13.1 Å². The van der Waals surface area contributed by atoms with Crippen LogP contribution in [-0.2, 0) is 9.59 Å². The van der Waals surface area contributed by atoms with E-state index in [0.717, 1.165) is 28.1 Å². The fraction of sp³-hybridized carbons (Fsp3) is 0.444. The average molecular weight is 332 g/mol. The van der Waals surface area contributed by atoms with Crippen LogP contribution in [0.15, 0.2) is 34.7 Å². The standard InChI is InChI=1S/C18H25N3O3/c1-4-9-19-17(22)11-21(3)12-18(23)20-13(2)16-10-14-7-5-6-8-15(14)24-16/h5-8,10,13H,4,9,11-12H2,1-3H3,(H,19,22)(H,20,23)/p+1/t13-/m1/s1. The lowest BCUT2D eigenvalue weighted by Crippen LogP contribution is -3.11. The fourth-order valence-corrected chi connectivity index (χ4v) is 2.52. The third-order valence-corrected chi connectivity index (χ3v) is 3.75. The summed E-state index contributed by atoms with van der Waals surface area (Å²) in [6.07, 6.45) is 0.903. The summed E-state index contributed by atoms with van der Waals surface area (Å²) >= 11 is 0. The second-order valence-corrected chi connectivity index (χ2v) is 6.14. The lowest BCUT2D eigenvalue weighted by Gasteiger charge is -2.15. The Morgan fingerprint density at radius 3 is 2.62 bits per heavy atom. The molecule has 6 nitrogen and oxygen atoms in total. The van der Waals surface area contributed by atoms with Crippen LogP contribution in [0, 0.1) is 0 Å². The van der Waals surface area contributed by atoms with Crippen LogP contribution in [-0.4, -0.2) is 38.5 Å². The molecule has 1 aromatic carbocycles. The Morgan fingerprint density at radius 2 is 1.92 bits per heavy atom. The first-order valence-corrected chi connectivity index (χ1v) is 8.35. The van der Waals surface area contributed by atoms with E-state index in [1.807, 2.05) is 51.2 Å². The van der Waals surface area contributed by atoms with Gasteiger partial charge in [-0.1, -0.05) is 25.1 Å². The Labute approximate surface area is 142 Å². The summed E-state index contributed by atoms with van der Waals surface area (Å²) in [5, 5.41) is 6.75. The molecule has 24 heavy (non-hydrogen) atoms. The molecular formula is C18H26N3O3+. The van der Waals surface area contributed by atoms with Crippen molar-refractivity contribution in [2.24, 2.45) is 0 Å². The van der Waals surface area contributed by atoms with Crippen molar-refractivity contribution in [3.8, 4) is 0 Å². The van der Waals surface area contributed by atoms with Crippen LogP contribution < -0.4 is 15.5 Å². The first-order valence-electron chi connectivity index (χ1n) is 8.35. The highest BCUT2D eigenvalue weighted by Crippen LogP contribution is 2.23. The normalized spacial score (nSPS) is 13.5. The molecule has 2 amide bonds. The first kappa shape index (κ1) is 18.0. The fourth-order valence-electron chi connectivity index (χ4n) is 2.52. The second-order valence-electron chi connectivity index (χ2n) is 6.14. The molecule has 0 radical (unpaired) electrons. The van der Waals surface area contributed by atoms with Crippen LogP contribution in [0.3, 0.4) is 0 Å². The average Bonchev–Trinajstić information content (AvgIpc) is 2.96. The number of para-hydroxylation sites is 1. The summed E-state index contributed by atoms with van der Waals surface area (Å²) in [7, 11) is 1.83. The van der Waals surface area contributed by atoms with Crippen molar-refractivity contribution in [3.63, 3.8) is 0 Å². The van der Waals surface area contributed by atoms with Gasteiger partial charge in [-0.25, -0.2) is 0 Å². The van der Waals surface area contributed by atoms with E-state index in [0.29, 0.717) is 6.54 Å². The van der Waals surface area contributed by atoms with E-state index in [9.17, 15) is 9.59 Å². The zero-order valence-electron chi connectivity index (χ0n) is 14.5. The summed E-state index contributed by atoms with van der Waals surface area (Å²) in [6.45, 7) is 5.08. The van der Waals surface area contributed by atoms with E-state index < -0.39 is 0 Å². The van der Waals surface area contributed by atoms with Crippen LogP contribution in [0.4, 0.5) is 0 Å². The van der Waals surface area contributed by atoms with Crippen molar-refractivity contribution < 1.29 is 18.9 Å². The predicted molar refractivity (Wildman–Crippen MR) is 92.7 cm³/mol. The maximum atomic E-state index is 12.1. The van der Waals surface area contributed by atoms with Crippen LogP contribution >= 0.6 is 0 Å². The SMILES string of the molecule is CCCNC(=O)C[NH+](C)CC(=O)N[C@H](C)c1cc2ccccc2o1. The van der Waals surface area contributed by atoms with Crippen molar-refractivity contribution in [2.75, 3.05) is 26.7 Å². The van der Waals surface area contributed by atoms with Crippen molar-refractivity contribution in [1.29, 1.82) is 0 Å². The predicted octanol–water partition coefficient (Wildman–Crippen LogP) is 0.651. The quantitative estimate of drug-likeness (QED) is 0.664. The topological polar surface area (TPSA) is 75.8 Å². The molecule has 0 bridgehead atoms. The number of amides is 2. The minimum atomic E-state index is -0.216. The molecule has 0 aliphatic carbocycles. The molecule has 130 valence electrons. The molecule has 1 aromatic heterocycles. The van der Waals surface area contributed by atoms with Crippen molar-refractivity contribution >= 4 is 22.8 Å². The highest BCUT2D eigenvalue weighted by molar-refractivity contribution is 5.80. The molecule has 1 heterocycles. The van der Waals surface area contributed by atoms with E-state index in [4.69, 9.17) is 4.42 Å². The molecule has 0 aliphatic rings. The Kier molecular flexibility index (Phi) is 6.37. The highest BCUT2D eigenvalue weighted by Gasteiger charge is 2.18. The summed E-state index contributed by atoms with van der Waals surface area (Å²) < 4.78 is 5.76. The number of hydrogen-bond acceptors (Lipinski definition) is 3. The number of carbonyl (C=O) groups excluding carboxylic acids is 2. The van der Waals surface area contributed by atoms with Crippen molar-refractivity contribution in [3.05, 3.63) is 36.1 Å². The number of likely N-dealkylation sites (N-methyl/N-ethyl adjacent to an activating group) is 1. The molecule has 2 rings (SSSR count). The molecule has 0 saturated heterocycles. The number of carbonyl (C=O) groups is 2. The number of quaternary nitrogens is 1. The van der Waals surface area contributed by atoms with E-state index in [-0.39, 0.29) is 30.9 Å². The summed E-state index contributed by atoms with van der Waals surface area (Å²) in [6, 6.07) is 9.47.